The molecule has 0 saturated carbocycles. The molecule has 1 aromatic rings. The highest BCUT2D eigenvalue weighted by atomic mass is 16.5. The summed E-state index contributed by atoms with van der Waals surface area (Å²) in [5.41, 5.74) is 7.30. The quantitative estimate of drug-likeness (QED) is 0.742. The predicted molar refractivity (Wildman–Crippen MR) is 50.3 cm³/mol. The van der Waals surface area contributed by atoms with Gasteiger partial charge in [-0.05, 0) is 11.6 Å². The molecule has 0 fully saturated rings. The second-order valence-electron chi connectivity index (χ2n) is 2.67. The third-order valence-electron chi connectivity index (χ3n) is 1.85. The Morgan fingerprint density at radius 1 is 1.54 bits per heavy atom. The highest BCUT2D eigenvalue weighted by molar-refractivity contribution is 5.58. The maximum absolute atomic E-state index is 10.2. The number of carbonyl (C=O) groups excluding carboxylic acids is 1. The molecule has 1 radical (unpaired) electrons. The number of hydrogen-bond donors (Lipinski definition) is 1. The van der Waals surface area contributed by atoms with Crippen LogP contribution in [0.5, 0.6) is 5.75 Å². The van der Waals surface area contributed by atoms with Gasteiger partial charge in [-0.1, -0.05) is 12.1 Å². The Morgan fingerprint density at radius 2 is 2.31 bits per heavy atom. The lowest BCUT2D eigenvalue weighted by Crippen LogP contribution is -1.99. The predicted octanol–water partition coefficient (Wildman–Crippen LogP) is 0.806. The van der Waals surface area contributed by atoms with E-state index in [0.717, 1.165) is 11.1 Å². The summed E-state index contributed by atoms with van der Waals surface area (Å²) in [6.45, 7) is 0.474. The lowest BCUT2D eigenvalue weighted by Gasteiger charge is -2.07. The largest absolute Gasteiger partial charge is 0.496 e. The molecule has 0 spiro atoms. The van der Waals surface area contributed by atoms with E-state index in [9.17, 15) is 4.79 Å². The van der Waals surface area contributed by atoms with Gasteiger partial charge in [0.2, 0.25) is 6.29 Å². The van der Waals surface area contributed by atoms with Gasteiger partial charge >= 0.3 is 0 Å². The van der Waals surface area contributed by atoms with Crippen molar-refractivity contribution in [2.24, 2.45) is 5.73 Å². The van der Waals surface area contributed by atoms with Gasteiger partial charge in [0.1, 0.15) is 5.75 Å². The highest BCUT2D eigenvalue weighted by Crippen LogP contribution is 2.19. The van der Waals surface area contributed by atoms with Crippen LogP contribution >= 0.6 is 0 Å². The van der Waals surface area contributed by atoms with E-state index in [1.165, 1.54) is 0 Å². The summed E-state index contributed by atoms with van der Waals surface area (Å²) >= 11 is 0. The van der Waals surface area contributed by atoms with Crippen LogP contribution in [0, 0.1) is 0 Å². The Hall–Kier alpha value is -1.35. The van der Waals surface area contributed by atoms with E-state index in [0.29, 0.717) is 12.3 Å². The lowest BCUT2D eigenvalue weighted by molar-refractivity contribution is 0.410. The third kappa shape index (κ3) is 2.29. The number of benzene rings is 1. The highest BCUT2D eigenvalue weighted by Gasteiger charge is 2.02. The van der Waals surface area contributed by atoms with Crippen molar-refractivity contribution in [3.05, 3.63) is 29.3 Å². The Morgan fingerprint density at radius 3 is 2.85 bits per heavy atom. The molecule has 0 bridgehead atoms. The van der Waals surface area contributed by atoms with Crippen LogP contribution in [0.3, 0.4) is 0 Å². The maximum atomic E-state index is 10.2. The molecule has 0 aromatic heterocycles. The first-order valence-corrected chi connectivity index (χ1v) is 4.02. The van der Waals surface area contributed by atoms with Gasteiger partial charge in [-0.2, -0.15) is 0 Å². The summed E-state index contributed by atoms with van der Waals surface area (Å²) in [7, 11) is 1.57. The Labute approximate surface area is 77.5 Å². The molecule has 0 aliphatic carbocycles. The first-order chi connectivity index (χ1) is 6.31. The second kappa shape index (κ2) is 4.62. The lowest BCUT2D eigenvalue weighted by atomic mass is 10.1. The van der Waals surface area contributed by atoms with Crippen LogP contribution in [0.15, 0.2) is 18.2 Å². The molecular weight excluding hydrogens is 166 g/mol. The minimum atomic E-state index is 0.258. The molecule has 0 aliphatic rings. The summed E-state index contributed by atoms with van der Waals surface area (Å²) in [5.74, 6) is 0.700. The van der Waals surface area contributed by atoms with Crippen molar-refractivity contribution < 1.29 is 9.53 Å². The summed E-state index contributed by atoms with van der Waals surface area (Å²) in [4.78, 5) is 10.2. The molecule has 1 aromatic carbocycles. The molecule has 0 heterocycles. The third-order valence-corrected chi connectivity index (χ3v) is 1.85. The number of hydrogen-bond acceptors (Lipinski definition) is 3. The fraction of sp³-hybridized carbons (Fsp3) is 0.300. The molecular formula is C10H12NO2. The van der Waals surface area contributed by atoms with Gasteiger partial charge in [0, 0.05) is 18.5 Å². The minimum Gasteiger partial charge on any atom is -0.496 e. The summed E-state index contributed by atoms with van der Waals surface area (Å²) in [6, 6.07) is 5.56. The molecule has 0 atom stereocenters. The van der Waals surface area contributed by atoms with Gasteiger partial charge in [-0.25, -0.2) is 0 Å². The van der Waals surface area contributed by atoms with Crippen LogP contribution < -0.4 is 10.5 Å². The van der Waals surface area contributed by atoms with Crippen LogP contribution in [0.1, 0.15) is 11.1 Å². The van der Waals surface area contributed by atoms with Gasteiger partial charge in [-0.15, -0.1) is 0 Å². The Kier molecular flexibility index (Phi) is 3.46. The summed E-state index contributed by atoms with van der Waals surface area (Å²) < 4.78 is 5.11. The van der Waals surface area contributed by atoms with E-state index in [-0.39, 0.29) is 6.42 Å². The monoisotopic (exact) mass is 178 g/mol. The zero-order valence-electron chi connectivity index (χ0n) is 7.54. The van der Waals surface area contributed by atoms with Crippen LogP contribution in [0.4, 0.5) is 0 Å². The Bertz CT molecular complexity index is 297. The van der Waals surface area contributed by atoms with Crippen LogP contribution in [0.25, 0.3) is 0 Å². The summed E-state index contributed by atoms with van der Waals surface area (Å²) in [6.07, 6.45) is 2.09. The minimum absolute atomic E-state index is 0.258. The zero-order valence-corrected chi connectivity index (χ0v) is 7.54. The van der Waals surface area contributed by atoms with Crippen molar-refractivity contribution in [3.63, 3.8) is 0 Å². The smallest absolute Gasteiger partial charge is 0.203 e. The van der Waals surface area contributed by atoms with Crippen molar-refractivity contribution in [3.8, 4) is 5.75 Å². The average Bonchev–Trinajstić information content (AvgIpc) is 2.19. The Balaban J connectivity index is 3.00. The van der Waals surface area contributed by atoms with Crippen molar-refractivity contribution in [1.82, 2.24) is 0 Å². The topological polar surface area (TPSA) is 52.3 Å². The molecule has 2 N–H and O–H groups in total. The van der Waals surface area contributed by atoms with E-state index in [1.54, 1.807) is 7.11 Å². The SMILES string of the molecule is COc1cc(CN)ccc1C[C]=O. The van der Waals surface area contributed by atoms with E-state index in [1.807, 2.05) is 24.5 Å². The fourth-order valence-corrected chi connectivity index (χ4v) is 1.14. The standard InChI is InChI=1S/C10H12NO2/c1-13-10-6-8(7-11)2-3-9(10)4-5-12/h2-3,6H,4,7,11H2,1H3. The average molecular weight is 178 g/mol. The van der Waals surface area contributed by atoms with Gasteiger partial charge in [0.25, 0.3) is 0 Å². The second-order valence-corrected chi connectivity index (χ2v) is 2.67. The summed E-state index contributed by atoms with van der Waals surface area (Å²) in [5, 5.41) is 0. The number of nitrogens with two attached hydrogens (primary N) is 1. The van der Waals surface area contributed by atoms with Crippen LogP contribution in [-0.2, 0) is 17.8 Å². The molecule has 69 valence electrons. The van der Waals surface area contributed by atoms with E-state index < -0.39 is 0 Å². The van der Waals surface area contributed by atoms with Crippen molar-refractivity contribution in [2.45, 2.75) is 13.0 Å². The molecule has 0 amide bonds. The normalized spacial score (nSPS) is 9.69. The van der Waals surface area contributed by atoms with Crippen LogP contribution in [-0.4, -0.2) is 13.4 Å². The van der Waals surface area contributed by atoms with E-state index in [2.05, 4.69) is 0 Å². The van der Waals surface area contributed by atoms with Gasteiger partial charge < -0.3 is 10.5 Å². The first kappa shape index (κ1) is 9.74. The first-order valence-electron chi connectivity index (χ1n) is 4.02. The van der Waals surface area contributed by atoms with Gasteiger partial charge in [0.15, 0.2) is 0 Å². The van der Waals surface area contributed by atoms with Gasteiger partial charge in [-0.3, -0.25) is 4.79 Å². The van der Waals surface area contributed by atoms with Crippen molar-refractivity contribution in [2.75, 3.05) is 7.11 Å². The zero-order chi connectivity index (χ0) is 9.68. The number of rotatable bonds is 4. The van der Waals surface area contributed by atoms with Gasteiger partial charge in [0.05, 0.1) is 7.11 Å². The van der Waals surface area contributed by atoms with E-state index >= 15 is 0 Å². The van der Waals surface area contributed by atoms with Crippen LogP contribution in [0.2, 0.25) is 0 Å². The molecule has 1 rings (SSSR count). The molecule has 13 heavy (non-hydrogen) atoms. The molecule has 0 aliphatic heterocycles. The number of ether oxygens (including phenoxy) is 1. The molecule has 0 saturated heterocycles. The molecule has 3 heteroatoms. The number of methoxy groups -OCH3 is 1. The maximum Gasteiger partial charge on any atom is 0.203 e. The van der Waals surface area contributed by atoms with E-state index in [4.69, 9.17) is 10.5 Å². The fourth-order valence-electron chi connectivity index (χ4n) is 1.14. The molecule has 0 unspecified atom stereocenters. The van der Waals surface area contributed by atoms with Crippen molar-refractivity contribution >= 4 is 6.29 Å². The molecule has 3 nitrogen and oxygen atoms in total. The van der Waals surface area contributed by atoms with Crippen molar-refractivity contribution in [1.29, 1.82) is 0 Å².